The Bertz CT molecular complexity index is 202. The quantitative estimate of drug-likeness (QED) is 0.245. The fourth-order valence-corrected chi connectivity index (χ4v) is 0.936. The van der Waals surface area contributed by atoms with E-state index in [-0.39, 0.29) is 0 Å². The number of hydrazone groups is 1. The summed E-state index contributed by atoms with van der Waals surface area (Å²) >= 11 is 1.41. The molecule has 0 aromatic carbocycles. The van der Waals surface area contributed by atoms with Crippen LogP contribution in [0.4, 0.5) is 0 Å². The van der Waals surface area contributed by atoms with Gasteiger partial charge in [0.1, 0.15) is 0 Å². The van der Waals surface area contributed by atoms with Gasteiger partial charge in [-0.2, -0.15) is 5.10 Å². The Balaban J connectivity index is 2.90. The minimum absolute atomic E-state index is 0.331. The molecular weight excluding hydrogens is 136 g/mol. The van der Waals surface area contributed by atoms with Crippen molar-refractivity contribution in [3.8, 4) is 0 Å². The maximum Gasteiger partial charge on any atom is 0.162 e. The number of rotatable bonds is 1. The van der Waals surface area contributed by atoms with Crippen molar-refractivity contribution in [3.63, 3.8) is 0 Å². The molecule has 0 aliphatic carbocycles. The van der Waals surface area contributed by atoms with Crippen molar-refractivity contribution >= 4 is 17.2 Å². The van der Waals surface area contributed by atoms with Crippen LogP contribution in [0.25, 0.3) is 0 Å². The first-order valence-electron chi connectivity index (χ1n) is 2.27. The van der Waals surface area contributed by atoms with Gasteiger partial charge in [-0.3, -0.25) is 4.98 Å². The Morgan fingerprint density at radius 2 is 2.56 bits per heavy atom. The third-order valence-electron chi connectivity index (χ3n) is 0.824. The van der Waals surface area contributed by atoms with E-state index in [1.165, 1.54) is 11.3 Å². The lowest BCUT2D eigenvalue weighted by Crippen LogP contribution is -2.13. The van der Waals surface area contributed by atoms with Crippen molar-refractivity contribution in [2.75, 3.05) is 0 Å². The summed E-state index contributed by atoms with van der Waals surface area (Å²) in [6, 6.07) is 0. The molecule has 5 heteroatoms. The maximum absolute atomic E-state index is 5.33. The summed E-state index contributed by atoms with van der Waals surface area (Å²) in [6.45, 7) is 0. The van der Waals surface area contributed by atoms with Gasteiger partial charge in [0, 0.05) is 6.20 Å². The molecule has 0 aliphatic heterocycles. The molecule has 0 radical (unpaired) electrons. The molecule has 0 spiro atoms. The van der Waals surface area contributed by atoms with Gasteiger partial charge < -0.3 is 11.6 Å². The summed E-state index contributed by atoms with van der Waals surface area (Å²) in [5, 5.41) is 3.30. The molecule has 1 aromatic heterocycles. The number of hydrogen-bond donors (Lipinski definition) is 2. The summed E-state index contributed by atoms with van der Waals surface area (Å²) in [7, 11) is 0. The molecule has 1 rings (SSSR count). The summed E-state index contributed by atoms with van der Waals surface area (Å²) in [6.07, 6.45) is 1.62. The Hall–Kier alpha value is -1.10. The molecule has 4 nitrogen and oxygen atoms in total. The minimum atomic E-state index is 0.331. The normalized spacial score (nSPS) is 11.8. The van der Waals surface area contributed by atoms with Crippen LogP contribution < -0.4 is 11.6 Å². The smallest absolute Gasteiger partial charge is 0.162 e. The van der Waals surface area contributed by atoms with Gasteiger partial charge in [0.25, 0.3) is 0 Å². The average Bonchev–Trinajstić information content (AvgIpc) is 2.37. The van der Waals surface area contributed by atoms with Gasteiger partial charge in [0.2, 0.25) is 0 Å². The molecule has 4 N–H and O–H groups in total. The second-order valence-electron chi connectivity index (χ2n) is 1.38. The second-order valence-corrected chi connectivity index (χ2v) is 2.27. The van der Waals surface area contributed by atoms with E-state index in [2.05, 4.69) is 10.1 Å². The van der Waals surface area contributed by atoms with Gasteiger partial charge in [0.15, 0.2) is 5.84 Å². The third kappa shape index (κ3) is 1.17. The summed E-state index contributed by atoms with van der Waals surface area (Å²) in [5.41, 5.74) is 7.01. The van der Waals surface area contributed by atoms with Gasteiger partial charge in [-0.05, 0) is 0 Å². The number of hydrogen-bond acceptors (Lipinski definition) is 4. The Labute approximate surface area is 56.2 Å². The third-order valence-corrected chi connectivity index (χ3v) is 1.62. The van der Waals surface area contributed by atoms with E-state index in [1.807, 2.05) is 0 Å². The van der Waals surface area contributed by atoms with Crippen LogP contribution in [0, 0.1) is 0 Å². The zero-order valence-corrected chi connectivity index (χ0v) is 5.43. The molecule has 0 atom stereocenters. The Morgan fingerprint density at radius 3 is 3.00 bits per heavy atom. The first-order chi connectivity index (χ1) is 4.34. The monoisotopic (exact) mass is 142 g/mol. The van der Waals surface area contributed by atoms with Gasteiger partial charge >= 0.3 is 0 Å². The molecule has 0 bridgehead atoms. The fourth-order valence-electron chi connectivity index (χ4n) is 0.406. The van der Waals surface area contributed by atoms with Crippen molar-refractivity contribution in [1.29, 1.82) is 0 Å². The van der Waals surface area contributed by atoms with Crippen molar-refractivity contribution in [3.05, 3.63) is 16.6 Å². The van der Waals surface area contributed by atoms with Crippen molar-refractivity contribution in [1.82, 2.24) is 4.98 Å². The zero-order valence-electron chi connectivity index (χ0n) is 4.61. The molecule has 48 valence electrons. The van der Waals surface area contributed by atoms with Crippen molar-refractivity contribution in [2.45, 2.75) is 0 Å². The minimum Gasteiger partial charge on any atom is -0.381 e. The number of nitrogens with zero attached hydrogens (tertiary/aromatic N) is 2. The van der Waals surface area contributed by atoms with E-state index in [1.54, 1.807) is 11.7 Å². The van der Waals surface area contributed by atoms with E-state index >= 15 is 0 Å². The van der Waals surface area contributed by atoms with Crippen LogP contribution in [0.2, 0.25) is 0 Å². The number of nitrogens with two attached hydrogens (primary N) is 2. The second kappa shape index (κ2) is 2.45. The summed E-state index contributed by atoms with van der Waals surface area (Å²) in [4.78, 5) is 4.60. The standard InChI is InChI=1S/C4H6N4S/c5-4(8-6)3-1-7-2-9-3/h1-2H,6H2,(H2,5,8). The van der Waals surface area contributed by atoms with Gasteiger partial charge in [-0.25, -0.2) is 0 Å². The number of amidine groups is 1. The van der Waals surface area contributed by atoms with Crippen LogP contribution >= 0.6 is 11.3 Å². The molecular formula is C4H6N4S. The van der Waals surface area contributed by atoms with Crippen LogP contribution in [0.15, 0.2) is 16.8 Å². The largest absolute Gasteiger partial charge is 0.381 e. The highest BCUT2D eigenvalue weighted by Gasteiger charge is 1.96. The van der Waals surface area contributed by atoms with E-state index in [9.17, 15) is 0 Å². The molecule has 0 amide bonds. The first kappa shape index (κ1) is 6.03. The lowest BCUT2D eigenvalue weighted by atomic mass is 10.5. The van der Waals surface area contributed by atoms with E-state index in [0.29, 0.717) is 5.84 Å². The average molecular weight is 142 g/mol. The molecule has 0 unspecified atom stereocenters. The molecule has 1 aromatic rings. The first-order valence-corrected chi connectivity index (χ1v) is 3.15. The van der Waals surface area contributed by atoms with Crippen LogP contribution in [0.3, 0.4) is 0 Å². The topological polar surface area (TPSA) is 77.3 Å². The predicted molar refractivity (Wildman–Crippen MR) is 37.0 cm³/mol. The van der Waals surface area contributed by atoms with Crippen LogP contribution in [0.5, 0.6) is 0 Å². The SMILES string of the molecule is N/N=C(/N)c1cncs1. The van der Waals surface area contributed by atoms with E-state index in [0.717, 1.165) is 4.88 Å². The van der Waals surface area contributed by atoms with E-state index < -0.39 is 0 Å². The highest BCUT2D eigenvalue weighted by Crippen LogP contribution is 2.02. The van der Waals surface area contributed by atoms with Crippen LogP contribution in [0.1, 0.15) is 4.88 Å². The highest BCUT2D eigenvalue weighted by atomic mass is 32.1. The van der Waals surface area contributed by atoms with Gasteiger partial charge in [-0.1, -0.05) is 0 Å². The Kier molecular flexibility index (Phi) is 1.64. The molecule has 0 fully saturated rings. The van der Waals surface area contributed by atoms with E-state index in [4.69, 9.17) is 11.6 Å². The fraction of sp³-hybridized carbons (Fsp3) is 0. The highest BCUT2D eigenvalue weighted by molar-refractivity contribution is 7.11. The van der Waals surface area contributed by atoms with Crippen molar-refractivity contribution in [2.24, 2.45) is 16.7 Å². The molecule has 0 saturated carbocycles. The van der Waals surface area contributed by atoms with Crippen LogP contribution in [-0.2, 0) is 0 Å². The lowest BCUT2D eigenvalue weighted by Gasteiger charge is -1.87. The van der Waals surface area contributed by atoms with Crippen LogP contribution in [-0.4, -0.2) is 10.8 Å². The number of aromatic nitrogens is 1. The summed E-state index contributed by atoms with van der Waals surface area (Å²) < 4.78 is 0. The lowest BCUT2D eigenvalue weighted by molar-refractivity contribution is 1.23. The zero-order chi connectivity index (χ0) is 6.69. The molecule has 0 aliphatic rings. The maximum atomic E-state index is 5.33. The predicted octanol–water partition coefficient (Wildman–Crippen LogP) is -0.278. The molecule has 9 heavy (non-hydrogen) atoms. The van der Waals surface area contributed by atoms with Gasteiger partial charge in [0.05, 0.1) is 10.4 Å². The molecule has 0 saturated heterocycles. The molecule has 1 heterocycles. The number of thiazole rings is 1. The Morgan fingerprint density at radius 1 is 1.78 bits per heavy atom. The van der Waals surface area contributed by atoms with Crippen molar-refractivity contribution < 1.29 is 0 Å². The summed E-state index contributed by atoms with van der Waals surface area (Å²) in [5.74, 6) is 5.24. The van der Waals surface area contributed by atoms with Gasteiger partial charge in [-0.15, -0.1) is 11.3 Å².